The van der Waals surface area contributed by atoms with E-state index in [0.717, 1.165) is 55.8 Å². The number of fused-ring (bicyclic) bond motifs is 3. The van der Waals surface area contributed by atoms with Gasteiger partial charge in [-0.1, -0.05) is 17.8 Å². The molecule has 0 bridgehead atoms. The highest BCUT2D eigenvalue weighted by molar-refractivity contribution is 7.99. The molecule has 4 rings (SSSR count). The lowest BCUT2D eigenvalue weighted by Crippen LogP contribution is -2.41. The van der Waals surface area contributed by atoms with Crippen LogP contribution in [0.25, 0.3) is 10.2 Å². The third kappa shape index (κ3) is 4.00. The first-order valence-electron chi connectivity index (χ1n) is 9.44. The predicted octanol–water partition coefficient (Wildman–Crippen LogP) is 1.92. The minimum absolute atomic E-state index is 0.0319. The molecule has 3 heterocycles. The smallest absolute Gasteiger partial charge is 0.263 e. The summed E-state index contributed by atoms with van der Waals surface area (Å²) in [6.45, 7) is 8.00. The molecule has 2 aliphatic rings. The largest absolute Gasteiger partial charge is 0.391 e. The molecule has 2 aromatic heterocycles. The Bertz CT molecular complexity index is 886. The van der Waals surface area contributed by atoms with E-state index in [1.165, 1.54) is 22.2 Å². The zero-order valence-corrected chi connectivity index (χ0v) is 17.0. The van der Waals surface area contributed by atoms with Gasteiger partial charge in [0.15, 0.2) is 5.16 Å². The molecule has 0 aromatic carbocycles. The molecule has 6 nitrogen and oxygen atoms in total. The molecule has 1 fully saturated rings. The van der Waals surface area contributed by atoms with Crippen molar-refractivity contribution in [3.63, 3.8) is 0 Å². The Morgan fingerprint density at radius 2 is 2.19 bits per heavy atom. The topological polar surface area (TPSA) is 67.6 Å². The standard InChI is InChI=1S/C19H25N3O3S2/c1-2-6-22-18(24)16-14-4-3-5-15(14)27-17(16)20-19(22)26-12-13(23)11-21-7-9-25-10-8-21/h2,13,23H,1,3-12H2/t13-/m1/s1. The van der Waals surface area contributed by atoms with Crippen LogP contribution in [0.4, 0.5) is 0 Å². The average Bonchev–Trinajstić information content (AvgIpc) is 3.24. The van der Waals surface area contributed by atoms with E-state index in [-0.39, 0.29) is 5.56 Å². The lowest BCUT2D eigenvalue weighted by Gasteiger charge is -2.28. The summed E-state index contributed by atoms with van der Waals surface area (Å²) in [5, 5.41) is 11.9. The maximum absolute atomic E-state index is 13.1. The van der Waals surface area contributed by atoms with E-state index in [0.29, 0.717) is 24.0 Å². The summed E-state index contributed by atoms with van der Waals surface area (Å²) in [6, 6.07) is 0. The number of hydrogen-bond donors (Lipinski definition) is 1. The van der Waals surface area contributed by atoms with Gasteiger partial charge in [-0.25, -0.2) is 4.98 Å². The van der Waals surface area contributed by atoms with E-state index in [2.05, 4.69) is 11.5 Å². The van der Waals surface area contributed by atoms with Gasteiger partial charge in [-0.3, -0.25) is 14.3 Å². The molecule has 8 heteroatoms. The van der Waals surface area contributed by atoms with Gasteiger partial charge in [-0.15, -0.1) is 17.9 Å². The molecule has 1 aliphatic carbocycles. The van der Waals surface area contributed by atoms with Gasteiger partial charge >= 0.3 is 0 Å². The molecule has 0 saturated carbocycles. The minimum Gasteiger partial charge on any atom is -0.391 e. The molecule has 1 aliphatic heterocycles. The van der Waals surface area contributed by atoms with Crippen LogP contribution < -0.4 is 5.56 Å². The Hall–Kier alpha value is -1.19. The van der Waals surface area contributed by atoms with Crippen LogP contribution in [0.2, 0.25) is 0 Å². The molecule has 1 atom stereocenters. The monoisotopic (exact) mass is 407 g/mol. The van der Waals surface area contributed by atoms with Crippen LogP contribution in [0.5, 0.6) is 0 Å². The normalized spacial score (nSPS) is 18.7. The van der Waals surface area contributed by atoms with Gasteiger partial charge in [-0.05, 0) is 24.8 Å². The molecule has 2 aromatic rings. The molecule has 1 saturated heterocycles. The fourth-order valence-corrected chi connectivity index (χ4v) is 5.99. The van der Waals surface area contributed by atoms with Crippen LogP contribution in [0.3, 0.4) is 0 Å². The van der Waals surface area contributed by atoms with Crippen LogP contribution in [-0.4, -0.2) is 64.3 Å². The third-order valence-corrected chi connectivity index (χ3v) is 7.39. The molecule has 0 unspecified atom stereocenters. The Kier molecular flexibility index (Phi) is 5.99. The van der Waals surface area contributed by atoms with Crippen molar-refractivity contribution in [2.45, 2.75) is 37.1 Å². The number of aryl methyl sites for hydroxylation is 2. The van der Waals surface area contributed by atoms with Crippen LogP contribution >= 0.6 is 23.1 Å². The number of rotatable bonds is 7. The highest BCUT2D eigenvalue weighted by Crippen LogP contribution is 2.35. The van der Waals surface area contributed by atoms with E-state index in [4.69, 9.17) is 9.72 Å². The number of morpholine rings is 1. The zero-order valence-electron chi connectivity index (χ0n) is 15.4. The number of nitrogens with zero attached hydrogens (tertiary/aromatic N) is 3. The zero-order chi connectivity index (χ0) is 18.8. The third-order valence-electron chi connectivity index (χ3n) is 5.08. The quantitative estimate of drug-likeness (QED) is 0.430. The number of allylic oxidation sites excluding steroid dienone is 1. The first kappa shape index (κ1) is 19.1. The number of aromatic nitrogens is 2. The minimum atomic E-state index is -0.466. The van der Waals surface area contributed by atoms with Gasteiger partial charge in [0.1, 0.15) is 4.83 Å². The van der Waals surface area contributed by atoms with E-state index < -0.39 is 6.10 Å². The number of aliphatic hydroxyl groups is 1. The van der Waals surface area contributed by atoms with Gasteiger partial charge in [0.2, 0.25) is 0 Å². The molecular weight excluding hydrogens is 382 g/mol. The maximum Gasteiger partial charge on any atom is 0.263 e. The summed E-state index contributed by atoms with van der Waals surface area (Å²) >= 11 is 3.11. The van der Waals surface area contributed by atoms with Crippen LogP contribution in [0.15, 0.2) is 22.6 Å². The number of β-amino-alcohol motifs (C(OH)–C–C–N with tert-alkyl or cyclic N) is 1. The predicted molar refractivity (Wildman–Crippen MR) is 110 cm³/mol. The number of thioether (sulfide) groups is 1. The van der Waals surface area contributed by atoms with Crippen molar-refractivity contribution in [3.05, 3.63) is 33.4 Å². The molecule has 0 spiro atoms. The summed E-state index contributed by atoms with van der Waals surface area (Å²) in [5.41, 5.74) is 1.23. The Balaban J connectivity index is 1.54. The summed E-state index contributed by atoms with van der Waals surface area (Å²) in [4.78, 5) is 22.3. The van der Waals surface area contributed by atoms with Gasteiger partial charge in [0.05, 0.1) is 24.7 Å². The van der Waals surface area contributed by atoms with Gasteiger partial charge in [0.25, 0.3) is 5.56 Å². The lowest BCUT2D eigenvalue weighted by atomic mass is 10.2. The first-order chi connectivity index (χ1) is 13.2. The van der Waals surface area contributed by atoms with Crippen molar-refractivity contribution in [2.75, 3.05) is 38.6 Å². The van der Waals surface area contributed by atoms with Crippen molar-refractivity contribution in [3.8, 4) is 0 Å². The van der Waals surface area contributed by atoms with Gasteiger partial charge in [0, 0.05) is 36.8 Å². The Morgan fingerprint density at radius 1 is 1.37 bits per heavy atom. The maximum atomic E-state index is 13.1. The fraction of sp³-hybridized carbons (Fsp3) is 0.579. The summed E-state index contributed by atoms with van der Waals surface area (Å²) in [6.07, 6.45) is 4.42. The average molecular weight is 408 g/mol. The van der Waals surface area contributed by atoms with Crippen LogP contribution in [0, 0.1) is 0 Å². The van der Waals surface area contributed by atoms with Crippen molar-refractivity contribution < 1.29 is 9.84 Å². The summed E-state index contributed by atoms with van der Waals surface area (Å²) in [5.74, 6) is 0.511. The number of ether oxygens (including phenoxy) is 1. The van der Waals surface area contributed by atoms with Crippen LogP contribution in [0.1, 0.15) is 16.9 Å². The number of hydrogen-bond acceptors (Lipinski definition) is 7. The summed E-state index contributed by atoms with van der Waals surface area (Å²) < 4.78 is 7.05. The van der Waals surface area contributed by atoms with Gasteiger partial charge < -0.3 is 9.84 Å². The van der Waals surface area contributed by atoms with Crippen LogP contribution in [-0.2, 0) is 24.1 Å². The van der Waals surface area contributed by atoms with Crippen molar-refractivity contribution in [2.24, 2.45) is 0 Å². The fourth-order valence-electron chi connectivity index (χ4n) is 3.76. The van der Waals surface area contributed by atoms with Gasteiger partial charge in [-0.2, -0.15) is 0 Å². The van der Waals surface area contributed by atoms with Crippen molar-refractivity contribution >= 4 is 33.3 Å². The second kappa shape index (κ2) is 8.45. The van der Waals surface area contributed by atoms with E-state index >= 15 is 0 Å². The Morgan fingerprint density at radius 3 is 2.96 bits per heavy atom. The SMILES string of the molecule is C=CCn1c(SC[C@H](O)CN2CCOCC2)nc2sc3c(c2c1=O)CCC3. The highest BCUT2D eigenvalue weighted by atomic mass is 32.2. The number of aliphatic hydroxyl groups excluding tert-OH is 1. The van der Waals surface area contributed by atoms with E-state index in [1.807, 2.05) is 0 Å². The van der Waals surface area contributed by atoms with Crippen molar-refractivity contribution in [1.29, 1.82) is 0 Å². The molecule has 27 heavy (non-hydrogen) atoms. The van der Waals surface area contributed by atoms with E-state index in [1.54, 1.807) is 22.0 Å². The Labute approximate surface area is 166 Å². The molecule has 1 N–H and O–H groups in total. The van der Waals surface area contributed by atoms with Crippen molar-refractivity contribution in [1.82, 2.24) is 14.5 Å². The number of thiophene rings is 1. The molecule has 0 amide bonds. The molecular formula is C19H25N3O3S2. The van der Waals surface area contributed by atoms with E-state index in [9.17, 15) is 9.90 Å². The lowest BCUT2D eigenvalue weighted by molar-refractivity contribution is 0.0188. The summed E-state index contributed by atoms with van der Waals surface area (Å²) in [7, 11) is 0. The molecule has 0 radical (unpaired) electrons. The second-order valence-electron chi connectivity index (χ2n) is 7.01. The molecule has 146 valence electrons. The first-order valence-corrected chi connectivity index (χ1v) is 11.2. The highest BCUT2D eigenvalue weighted by Gasteiger charge is 2.23. The second-order valence-corrected chi connectivity index (χ2v) is 9.08.